The molecule has 2 amide bonds. The van der Waals surface area contributed by atoms with E-state index in [1.165, 1.54) is 0 Å². The van der Waals surface area contributed by atoms with Gasteiger partial charge in [0.2, 0.25) is 6.79 Å². The molecule has 0 unspecified atom stereocenters. The minimum Gasteiger partial charge on any atom is -0.454 e. The Bertz CT molecular complexity index is 484. The number of hydrogen-bond acceptors (Lipinski definition) is 4. The Morgan fingerprint density at radius 1 is 1.22 bits per heavy atom. The molecule has 0 radical (unpaired) electrons. The van der Waals surface area contributed by atoms with Gasteiger partial charge >= 0.3 is 6.03 Å². The Labute approximate surface area is 105 Å². The standard InChI is InChI=1S/C12H15N3O3/c13-8-5-10-11(18-7-17-10)6-9(8)14-12(16)15-3-1-2-4-15/h5-6H,1-4,7,13H2,(H,14,16). The highest BCUT2D eigenvalue weighted by atomic mass is 16.7. The highest BCUT2D eigenvalue weighted by molar-refractivity contribution is 5.93. The number of amides is 2. The van der Waals surface area contributed by atoms with Crippen molar-refractivity contribution in [3.05, 3.63) is 12.1 Å². The molecule has 2 aliphatic heterocycles. The van der Waals surface area contributed by atoms with Crippen molar-refractivity contribution in [1.82, 2.24) is 4.90 Å². The normalized spacial score (nSPS) is 17.0. The quantitative estimate of drug-likeness (QED) is 0.741. The van der Waals surface area contributed by atoms with Gasteiger partial charge in [0.25, 0.3) is 0 Å². The van der Waals surface area contributed by atoms with Crippen molar-refractivity contribution in [2.75, 3.05) is 30.9 Å². The zero-order chi connectivity index (χ0) is 12.5. The van der Waals surface area contributed by atoms with Crippen LogP contribution in [0.3, 0.4) is 0 Å². The topological polar surface area (TPSA) is 76.8 Å². The molecule has 6 nitrogen and oxygen atoms in total. The number of rotatable bonds is 1. The highest BCUT2D eigenvalue weighted by Gasteiger charge is 2.21. The minimum atomic E-state index is -0.113. The van der Waals surface area contributed by atoms with E-state index in [4.69, 9.17) is 15.2 Å². The van der Waals surface area contributed by atoms with Crippen LogP contribution in [0.15, 0.2) is 12.1 Å². The fourth-order valence-corrected chi connectivity index (χ4v) is 2.18. The van der Waals surface area contributed by atoms with Crippen LogP contribution in [0.5, 0.6) is 11.5 Å². The lowest BCUT2D eigenvalue weighted by Gasteiger charge is -2.17. The number of ether oxygens (including phenoxy) is 2. The molecule has 1 aromatic rings. The Kier molecular flexibility index (Phi) is 2.62. The van der Waals surface area contributed by atoms with Crippen molar-refractivity contribution in [3.63, 3.8) is 0 Å². The van der Waals surface area contributed by atoms with Gasteiger partial charge in [0, 0.05) is 25.2 Å². The van der Waals surface area contributed by atoms with Crippen LogP contribution < -0.4 is 20.5 Å². The van der Waals surface area contributed by atoms with Crippen LogP contribution in [0.4, 0.5) is 16.2 Å². The van der Waals surface area contributed by atoms with E-state index in [9.17, 15) is 4.79 Å². The molecular formula is C12H15N3O3. The summed E-state index contributed by atoms with van der Waals surface area (Å²) in [5, 5.41) is 2.81. The summed E-state index contributed by atoms with van der Waals surface area (Å²) in [6, 6.07) is 3.26. The minimum absolute atomic E-state index is 0.113. The zero-order valence-corrected chi connectivity index (χ0v) is 9.94. The first-order valence-corrected chi connectivity index (χ1v) is 5.99. The van der Waals surface area contributed by atoms with Gasteiger partial charge in [-0.2, -0.15) is 0 Å². The van der Waals surface area contributed by atoms with Crippen molar-refractivity contribution in [3.8, 4) is 11.5 Å². The molecule has 0 spiro atoms. The number of urea groups is 1. The number of fused-ring (bicyclic) bond motifs is 1. The molecule has 0 aliphatic carbocycles. The summed E-state index contributed by atoms with van der Waals surface area (Å²) in [4.78, 5) is 13.7. The van der Waals surface area contributed by atoms with E-state index >= 15 is 0 Å². The fraction of sp³-hybridized carbons (Fsp3) is 0.417. The van der Waals surface area contributed by atoms with E-state index in [1.807, 2.05) is 0 Å². The van der Waals surface area contributed by atoms with E-state index in [2.05, 4.69) is 5.32 Å². The number of carbonyl (C=O) groups excluding carboxylic acids is 1. The molecular weight excluding hydrogens is 234 g/mol. The van der Waals surface area contributed by atoms with E-state index in [0.717, 1.165) is 25.9 Å². The van der Waals surface area contributed by atoms with Crippen molar-refractivity contribution in [2.24, 2.45) is 0 Å². The lowest BCUT2D eigenvalue weighted by molar-refractivity contribution is 0.174. The van der Waals surface area contributed by atoms with Crippen LogP contribution in [-0.2, 0) is 0 Å². The highest BCUT2D eigenvalue weighted by Crippen LogP contribution is 2.38. The SMILES string of the molecule is Nc1cc2c(cc1NC(=O)N1CCCC1)OCO2. The zero-order valence-electron chi connectivity index (χ0n) is 9.94. The molecule has 1 fully saturated rings. The predicted octanol–water partition coefficient (Wildman–Crippen LogP) is 1.63. The van der Waals surface area contributed by atoms with Crippen LogP contribution in [0.1, 0.15) is 12.8 Å². The number of nitrogens with two attached hydrogens (primary N) is 1. The molecule has 0 aromatic heterocycles. The monoisotopic (exact) mass is 249 g/mol. The maximum atomic E-state index is 12.0. The molecule has 0 saturated carbocycles. The third kappa shape index (κ3) is 1.90. The molecule has 2 aliphatic rings. The first kappa shape index (κ1) is 11.0. The van der Waals surface area contributed by atoms with Crippen LogP contribution in [0.25, 0.3) is 0 Å². The number of carbonyl (C=O) groups is 1. The predicted molar refractivity (Wildman–Crippen MR) is 66.8 cm³/mol. The number of nitrogens with one attached hydrogen (secondary N) is 1. The van der Waals surface area contributed by atoms with Gasteiger partial charge in [-0.25, -0.2) is 4.79 Å². The second-order valence-electron chi connectivity index (χ2n) is 4.42. The Hall–Kier alpha value is -2.11. The molecule has 1 saturated heterocycles. The van der Waals surface area contributed by atoms with Crippen molar-refractivity contribution in [1.29, 1.82) is 0 Å². The maximum absolute atomic E-state index is 12.0. The second kappa shape index (κ2) is 4.29. The second-order valence-corrected chi connectivity index (χ2v) is 4.42. The molecule has 0 atom stereocenters. The average molecular weight is 249 g/mol. The van der Waals surface area contributed by atoms with Gasteiger partial charge < -0.3 is 25.4 Å². The fourth-order valence-electron chi connectivity index (χ4n) is 2.18. The summed E-state index contributed by atoms with van der Waals surface area (Å²) in [7, 11) is 0. The first-order chi connectivity index (χ1) is 8.74. The molecule has 1 aromatic carbocycles. The number of anilines is 2. The van der Waals surface area contributed by atoms with Crippen LogP contribution in [0, 0.1) is 0 Å². The molecule has 18 heavy (non-hydrogen) atoms. The third-order valence-electron chi connectivity index (χ3n) is 3.18. The molecule has 3 rings (SSSR count). The number of nitrogen functional groups attached to an aromatic ring is 1. The van der Waals surface area contributed by atoms with Gasteiger partial charge in [-0.1, -0.05) is 0 Å². The lowest BCUT2D eigenvalue weighted by atomic mass is 10.2. The average Bonchev–Trinajstić information content (AvgIpc) is 2.98. The van der Waals surface area contributed by atoms with Gasteiger partial charge in [0.15, 0.2) is 11.5 Å². The molecule has 96 valence electrons. The largest absolute Gasteiger partial charge is 0.454 e. The number of benzene rings is 1. The molecule has 2 heterocycles. The van der Waals surface area contributed by atoms with E-state index < -0.39 is 0 Å². The maximum Gasteiger partial charge on any atom is 0.321 e. The Morgan fingerprint density at radius 3 is 2.61 bits per heavy atom. The number of nitrogens with zero attached hydrogens (tertiary/aromatic N) is 1. The summed E-state index contributed by atoms with van der Waals surface area (Å²) in [6.45, 7) is 1.80. The number of hydrogen-bond donors (Lipinski definition) is 2. The number of likely N-dealkylation sites (tertiary alicyclic amines) is 1. The van der Waals surface area contributed by atoms with Gasteiger partial charge in [-0.05, 0) is 12.8 Å². The summed E-state index contributed by atoms with van der Waals surface area (Å²) >= 11 is 0. The summed E-state index contributed by atoms with van der Waals surface area (Å²) < 4.78 is 10.5. The van der Waals surface area contributed by atoms with Gasteiger partial charge in [0.1, 0.15) is 0 Å². The smallest absolute Gasteiger partial charge is 0.321 e. The van der Waals surface area contributed by atoms with E-state index in [1.54, 1.807) is 17.0 Å². The van der Waals surface area contributed by atoms with Gasteiger partial charge in [-0.3, -0.25) is 0 Å². The van der Waals surface area contributed by atoms with Crippen LogP contribution in [0.2, 0.25) is 0 Å². The van der Waals surface area contributed by atoms with Crippen LogP contribution >= 0.6 is 0 Å². The third-order valence-corrected chi connectivity index (χ3v) is 3.18. The Morgan fingerprint density at radius 2 is 1.89 bits per heavy atom. The summed E-state index contributed by atoms with van der Waals surface area (Å²) in [5.74, 6) is 1.23. The molecule has 6 heteroatoms. The van der Waals surface area contributed by atoms with Crippen molar-refractivity contribution in [2.45, 2.75) is 12.8 Å². The van der Waals surface area contributed by atoms with Crippen molar-refractivity contribution >= 4 is 17.4 Å². The van der Waals surface area contributed by atoms with Gasteiger partial charge in [-0.15, -0.1) is 0 Å². The van der Waals surface area contributed by atoms with Crippen molar-refractivity contribution < 1.29 is 14.3 Å². The molecule has 0 bridgehead atoms. The van der Waals surface area contributed by atoms with Gasteiger partial charge in [0.05, 0.1) is 11.4 Å². The van der Waals surface area contributed by atoms with E-state index in [0.29, 0.717) is 22.9 Å². The van der Waals surface area contributed by atoms with E-state index in [-0.39, 0.29) is 12.8 Å². The molecule has 3 N–H and O–H groups in total. The summed E-state index contributed by atoms with van der Waals surface area (Å²) in [5.41, 5.74) is 6.92. The van der Waals surface area contributed by atoms with Crippen LogP contribution in [-0.4, -0.2) is 30.8 Å². The lowest BCUT2D eigenvalue weighted by Crippen LogP contribution is -2.32. The first-order valence-electron chi connectivity index (χ1n) is 5.99. The Balaban J connectivity index is 1.78. The summed E-state index contributed by atoms with van der Waals surface area (Å²) in [6.07, 6.45) is 2.12.